The monoisotopic (exact) mass is 339 g/mol. The van der Waals surface area contributed by atoms with Gasteiger partial charge in [0.25, 0.3) is 5.91 Å². The molecule has 1 aromatic heterocycles. The first kappa shape index (κ1) is 13.8. The highest BCUT2D eigenvalue weighted by Gasteiger charge is 2.09. The number of carbonyl (C=O) groups excluding carboxylic acids is 1. The van der Waals surface area contributed by atoms with Crippen molar-refractivity contribution < 1.29 is 4.79 Å². The van der Waals surface area contributed by atoms with Crippen LogP contribution in [0.2, 0.25) is 5.02 Å². The summed E-state index contributed by atoms with van der Waals surface area (Å²) in [6, 6.07) is 6.58. The Labute approximate surface area is 124 Å². The van der Waals surface area contributed by atoms with Crippen molar-refractivity contribution in [3.05, 3.63) is 51.2 Å². The number of carbonyl (C=O) groups is 1. The van der Waals surface area contributed by atoms with Crippen molar-refractivity contribution in [2.45, 2.75) is 6.92 Å². The maximum Gasteiger partial charge on any atom is 0.255 e. The number of rotatable bonds is 2. The number of benzene rings is 1. The minimum Gasteiger partial charge on any atom is -0.398 e. The SMILES string of the molecule is Cc1cc(NC(=O)c2ccc(N)c(Cl)c2)cnc1Br. The minimum absolute atomic E-state index is 0.259. The highest BCUT2D eigenvalue weighted by molar-refractivity contribution is 9.10. The fraction of sp³-hybridized carbons (Fsp3) is 0.0769. The first-order valence-corrected chi connectivity index (χ1v) is 6.63. The Hall–Kier alpha value is -1.59. The molecule has 1 heterocycles. The Morgan fingerprint density at radius 3 is 2.79 bits per heavy atom. The van der Waals surface area contributed by atoms with Gasteiger partial charge in [-0.2, -0.15) is 0 Å². The zero-order valence-corrected chi connectivity index (χ0v) is 12.4. The van der Waals surface area contributed by atoms with E-state index in [2.05, 4.69) is 26.2 Å². The van der Waals surface area contributed by atoms with Gasteiger partial charge in [0.1, 0.15) is 4.60 Å². The highest BCUT2D eigenvalue weighted by Crippen LogP contribution is 2.21. The number of anilines is 2. The maximum absolute atomic E-state index is 12.0. The number of aromatic nitrogens is 1. The molecule has 2 aromatic rings. The summed E-state index contributed by atoms with van der Waals surface area (Å²) in [5.41, 5.74) is 8.05. The smallest absolute Gasteiger partial charge is 0.255 e. The summed E-state index contributed by atoms with van der Waals surface area (Å²) in [5.74, 6) is -0.259. The second kappa shape index (κ2) is 5.59. The molecular weight excluding hydrogens is 330 g/mol. The molecule has 2 rings (SSSR count). The van der Waals surface area contributed by atoms with Gasteiger partial charge in [0, 0.05) is 5.56 Å². The number of amides is 1. The summed E-state index contributed by atoms with van der Waals surface area (Å²) < 4.78 is 0.751. The molecule has 0 aliphatic carbocycles. The predicted octanol–water partition coefficient (Wildman–Crippen LogP) is 3.64. The van der Waals surface area contributed by atoms with Crippen molar-refractivity contribution in [2.24, 2.45) is 0 Å². The van der Waals surface area contributed by atoms with Crippen molar-refractivity contribution in [3.8, 4) is 0 Å². The van der Waals surface area contributed by atoms with E-state index in [0.717, 1.165) is 10.2 Å². The molecule has 98 valence electrons. The predicted molar refractivity (Wildman–Crippen MR) is 80.5 cm³/mol. The summed E-state index contributed by atoms with van der Waals surface area (Å²) in [5, 5.41) is 3.11. The third-order valence-corrected chi connectivity index (χ3v) is 3.69. The molecular formula is C13H11BrClN3O. The number of hydrogen-bond donors (Lipinski definition) is 2. The molecule has 1 amide bonds. The molecule has 6 heteroatoms. The fourth-order valence-electron chi connectivity index (χ4n) is 1.50. The van der Waals surface area contributed by atoms with Crippen LogP contribution in [0.15, 0.2) is 35.1 Å². The van der Waals surface area contributed by atoms with Crippen LogP contribution in [0, 0.1) is 6.92 Å². The van der Waals surface area contributed by atoms with E-state index in [4.69, 9.17) is 17.3 Å². The zero-order valence-electron chi connectivity index (χ0n) is 10.1. The van der Waals surface area contributed by atoms with Crippen LogP contribution in [0.3, 0.4) is 0 Å². The lowest BCUT2D eigenvalue weighted by Crippen LogP contribution is -2.12. The molecule has 3 N–H and O–H groups in total. The average Bonchev–Trinajstić information content (AvgIpc) is 2.37. The van der Waals surface area contributed by atoms with Crippen molar-refractivity contribution in [3.63, 3.8) is 0 Å². The highest BCUT2D eigenvalue weighted by atomic mass is 79.9. The van der Waals surface area contributed by atoms with E-state index in [1.165, 1.54) is 6.07 Å². The van der Waals surface area contributed by atoms with E-state index in [0.29, 0.717) is 22.0 Å². The van der Waals surface area contributed by atoms with Crippen LogP contribution >= 0.6 is 27.5 Å². The molecule has 0 spiro atoms. The number of pyridine rings is 1. The van der Waals surface area contributed by atoms with Gasteiger partial charge in [0.05, 0.1) is 22.6 Å². The summed E-state index contributed by atoms with van der Waals surface area (Å²) in [6.07, 6.45) is 1.58. The van der Waals surface area contributed by atoms with Crippen LogP contribution in [0.5, 0.6) is 0 Å². The first-order valence-electron chi connectivity index (χ1n) is 5.46. The number of hydrogen-bond acceptors (Lipinski definition) is 3. The van der Waals surface area contributed by atoms with E-state index in [-0.39, 0.29) is 5.91 Å². The summed E-state index contributed by atoms with van der Waals surface area (Å²) in [6.45, 7) is 1.90. The van der Waals surface area contributed by atoms with Crippen molar-refractivity contribution >= 4 is 44.8 Å². The van der Waals surface area contributed by atoms with Gasteiger partial charge in [-0.25, -0.2) is 4.98 Å². The second-order valence-corrected chi connectivity index (χ2v) is 5.18. The Morgan fingerprint density at radius 2 is 2.16 bits per heavy atom. The van der Waals surface area contributed by atoms with E-state index in [1.54, 1.807) is 18.3 Å². The summed E-state index contributed by atoms with van der Waals surface area (Å²) in [7, 11) is 0. The molecule has 0 fully saturated rings. The lowest BCUT2D eigenvalue weighted by atomic mass is 10.2. The molecule has 0 radical (unpaired) electrons. The van der Waals surface area contributed by atoms with Gasteiger partial charge in [-0.15, -0.1) is 0 Å². The van der Waals surface area contributed by atoms with Crippen LogP contribution in [0.4, 0.5) is 11.4 Å². The summed E-state index contributed by atoms with van der Waals surface area (Å²) in [4.78, 5) is 16.1. The Kier molecular flexibility index (Phi) is 4.07. The maximum atomic E-state index is 12.0. The van der Waals surface area contributed by atoms with Crippen LogP contribution in [-0.4, -0.2) is 10.9 Å². The first-order chi connectivity index (χ1) is 8.97. The molecule has 0 aliphatic rings. The summed E-state index contributed by atoms with van der Waals surface area (Å²) >= 11 is 9.19. The molecule has 0 saturated carbocycles. The van der Waals surface area contributed by atoms with Crippen LogP contribution in [-0.2, 0) is 0 Å². The minimum atomic E-state index is -0.259. The van der Waals surface area contributed by atoms with E-state index >= 15 is 0 Å². The molecule has 0 saturated heterocycles. The standard InChI is InChI=1S/C13H11BrClN3O/c1-7-4-9(6-17-12(7)14)18-13(19)8-2-3-11(16)10(15)5-8/h2-6H,16H2,1H3,(H,18,19). The molecule has 4 nitrogen and oxygen atoms in total. The Balaban J connectivity index is 2.20. The van der Waals surface area contributed by atoms with Gasteiger partial charge in [-0.05, 0) is 52.7 Å². The third kappa shape index (κ3) is 3.24. The lowest BCUT2D eigenvalue weighted by Gasteiger charge is -2.07. The number of nitrogens with two attached hydrogens (primary N) is 1. The average molecular weight is 341 g/mol. The van der Waals surface area contributed by atoms with E-state index < -0.39 is 0 Å². The van der Waals surface area contributed by atoms with Crippen molar-refractivity contribution in [2.75, 3.05) is 11.1 Å². The van der Waals surface area contributed by atoms with Crippen LogP contribution in [0.25, 0.3) is 0 Å². The third-order valence-electron chi connectivity index (χ3n) is 2.53. The van der Waals surface area contributed by atoms with Crippen LogP contribution in [0.1, 0.15) is 15.9 Å². The molecule has 0 aliphatic heterocycles. The molecule has 19 heavy (non-hydrogen) atoms. The second-order valence-electron chi connectivity index (χ2n) is 4.02. The number of nitrogens with one attached hydrogen (secondary N) is 1. The largest absolute Gasteiger partial charge is 0.398 e. The fourth-order valence-corrected chi connectivity index (χ4v) is 1.90. The van der Waals surface area contributed by atoms with Gasteiger partial charge in [0.15, 0.2) is 0 Å². The van der Waals surface area contributed by atoms with Gasteiger partial charge < -0.3 is 11.1 Å². The van der Waals surface area contributed by atoms with Gasteiger partial charge in [-0.3, -0.25) is 4.79 Å². The normalized spacial score (nSPS) is 10.3. The number of aryl methyl sites for hydroxylation is 1. The van der Waals surface area contributed by atoms with E-state index in [9.17, 15) is 4.79 Å². The molecule has 0 unspecified atom stereocenters. The quantitative estimate of drug-likeness (QED) is 0.648. The van der Waals surface area contributed by atoms with Gasteiger partial charge in [-0.1, -0.05) is 11.6 Å². The molecule has 0 bridgehead atoms. The zero-order chi connectivity index (χ0) is 14.0. The lowest BCUT2D eigenvalue weighted by molar-refractivity contribution is 0.102. The topological polar surface area (TPSA) is 68.0 Å². The Bertz CT molecular complexity index is 646. The number of halogens is 2. The number of nitrogens with zero attached hydrogens (tertiary/aromatic N) is 1. The molecule has 1 aromatic carbocycles. The van der Waals surface area contributed by atoms with Gasteiger partial charge in [0.2, 0.25) is 0 Å². The van der Waals surface area contributed by atoms with Crippen LogP contribution < -0.4 is 11.1 Å². The van der Waals surface area contributed by atoms with Gasteiger partial charge >= 0.3 is 0 Å². The van der Waals surface area contributed by atoms with Crippen molar-refractivity contribution in [1.82, 2.24) is 4.98 Å². The number of nitrogen functional groups attached to an aromatic ring is 1. The Morgan fingerprint density at radius 1 is 1.42 bits per heavy atom. The van der Waals surface area contributed by atoms with E-state index in [1.807, 2.05) is 13.0 Å². The molecule has 0 atom stereocenters. The van der Waals surface area contributed by atoms with Crippen molar-refractivity contribution in [1.29, 1.82) is 0 Å².